The van der Waals surface area contributed by atoms with Crippen LogP contribution >= 0.6 is 11.6 Å². The summed E-state index contributed by atoms with van der Waals surface area (Å²) in [6, 6.07) is 16.6. The van der Waals surface area contributed by atoms with E-state index >= 15 is 0 Å². The fraction of sp³-hybridized carbons (Fsp3) is 0.150. The summed E-state index contributed by atoms with van der Waals surface area (Å²) in [5.74, 6) is 1.54. The fourth-order valence-corrected chi connectivity index (χ4v) is 4.19. The Hall–Kier alpha value is -2.81. The van der Waals surface area contributed by atoms with Gasteiger partial charge in [-0.1, -0.05) is 23.7 Å². The van der Waals surface area contributed by atoms with Crippen molar-refractivity contribution < 1.29 is 13.2 Å². The molecule has 0 bridgehead atoms. The highest BCUT2D eigenvalue weighted by atomic mass is 35.5. The molecule has 1 saturated heterocycles. The van der Waals surface area contributed by atoms with E-state index in [0.717, 1.165) is 0 Å². The Morgan fingerprint density at radius 2 is 1.79 bits per heavy atom. The van der Waals surface area contributed by atoms with Crippen LogP contribution in [0.5, 0.6) is 11.5 Å². The van der Waals surface area contributed by atoms with Gasteiger partial charge in [-0.3, -0.25) is 4.72 Å². The van der Waals surface area contributed by atoms with Gasteiger partial charge in [-0.15, -0.1) is 0 Å². The smallest absolute Gasteiger partial charge is 0.262 e. The van der Waals surface area contributed by atoms with Crippen LogP contribution in [0.2, 0.25) is 5.02 Å². The van der Waals surface area contributed by atoms with Gasteiger partial charge in [0.15, 0.2) is 5.82 Å². The Morgan fingerprint density at radius 1 is 1.07 bits per heavy atom. The van der Waals surface area contributed by atoms with Crippen molar-refractivity contribution >= 4 is 33.1 Å². The summed E-state index contributed by atoms with van der Waals surface area (Å²) in [5, 5.41) is 0.473. The number of hydrogen-bond donors (Lipinski definition) is 2. The number of aromatic nitrogens is 1. The molecule has 0 saturated carbocycles. The maximum atomic E-state index is 12.8. The molecule has 2 heterocycles. The molecule has 9 heteroatoms. The van der Waals surface area contributed by atoms with Crippen LogP contribution in [0.3, 0.4) is 0 Å². The molecule has 0 radical (unpaired) electrons. The second-order valence-electron chi connectivity index (χ2n) is 6.65. The molecule has 2 aromatic carbocycles. The summed E-state index contributed by atoms with van der Waals surface area (Å²) in [6.07, 6.45) is 1.62. The monoisotopic (exact) mass is 430 g/mol. The molecule has 29 heavy (non-hydrogen) atoms. The van der Waals surface area contributed by atoms with Crippen LogP contribution in [0.25, 0.3) is 0 Å². The highest BCUT2D eigenvalue weighted by Crippen LogP contribution is 2.31. The standard InChI is InChI=1S/C20H19ClN4O3S/c21-17-4-1-2-6-19(17)28-15-7-9-16(10-8-15)29(26,27)24-18-5-3-11-23-20(18)25-12-14(22)13-25/h1-11,14,24H,12-13,22H2. The van der Waals surface area contributed by atoms with E-state index in [2.05, 4.69) is 9.71 Å². The predicted octanol–water partition coefficient (Wildman–Crippen LogP) is 3.48. The van der Waals surface area contributed by atoms with Gasteiger partial charge in [-0.25, -0.2) is 13.4 Å². The number of nitrogens with zero attached hydrogens (tertiary/aromatic N) is 2. The van der Waals surface area contributed by atoms with Crippen LogP contribution in [0.4, 0.5) is 11.5 Å². The number of sulfonamides is 1. The number of halogens is 1. The molecule has 0 amide bonds. The van der Waals surface area contributed by atoms with E-state index in [0.29, 0.717) is 41.1 Å². The van der Waals surface area contributed by atoms with E-state index in [1.807, 2.05) is 4.90 Å². The predicted molar refractivity (Wildman–Crippen MR) is 113 cm³/mol. The summed E-state index contributed by atoms with van der Waals surface area (Å²) in [5.41, 5.74) is 6.24. The van der Waals surface area contributed by atoms with Gasteiger partial charge in [0.05, 0.1) is 15.6 Å². The molecule has 4 rings (SSSR count). The van der Waals surface area contributed by atoms with Gasteiger partial charge >= 0.3 is 0 Å². The van der Waals surface area contributed by atoms with E-state index in [1.165, 1.54) is 12.1 Å². The average Bonchev–Trinajstić information content (AvgIpc) is 2.68. The lowest BCUT2D eigenvalue weighted by Gasteiger charge is -2.38. The van der Waals surface area contributed by atoms with Gasteiger partial charge in [0.25, 0.3) is 10.0 Å². The average molecular weight is 431 g/mol. The van der Waals surface area contributed by atoms with E-state index in [4.69, 9.17) is 22.1 Å². The number of ether oxygens (including phenoxy) is 1. The first kappa shape index (κ1) is 19.5. The highest BCUT2D eigenvalue weighted by molar-refractivity contribution is 7.92. The number of benzene rings is 2. The van der Waals surface area contributed by atoms with Crippen molar-refractivity contribution in [2.75, 3.05) is 22.7 Å². The molecule has 0 atom stereocenters. The lowest BCUT2D eigenvalue weighted by Crippen LogP contribution is -2.56. The lowest BCUT2D eigenvalue weighted by molar-refractivity contribution is 0.482. The second kappa shape index (κ2) is 7.90. The van der Waals surface area contributed by atoms with E-state index in [1.54, 1.807) is 54.7 Å². The number of anilines is 2. The molecule has 7 nitrogen and oxygen atoms in total. The molecule has 0 aliphatic carbocycles. The van der Waals surface area contributed by atoms with Crippen LogP contribution in [-0.2, 0) is 10.0 Å². The maximum Gasteiger partial charge on any atom is 0.262 e. The Balaban J connectivity index is 1.52. The Morgan fingerprint density at radius 3 is 2.48 bits per heavy atom. The van der Waals surface area contributed by atoms with Crippen molar-refractivity contribution in [3.8, 4) is 11.5 Å². The fourth-order valence-electron chi connectivity index (χ4n) is 2.96. The first-order valence-corrected chi connectivity index (χ1v) is 10.8. The summed E-state index contributed by atoms with van der Waals surface area (Å²) < 4.78 is 34.0. The Labute approximate surface area is 174 Å². The number of nitrogens with one attached hydrogen (secondary N) is 1. The quantitative estimate of drug-likeness (QED) is 0.621. The Bertz CT molecular complexity index is 1120. The minimum Gasteiger partial charge on any atom is -0.456 e. The van der Waals surface area contributed by atoms with Gasteiger partial charge in [0, 0.05) is 25.3 Å². The third-order valence-corrected chi connectivity index (χ3v) is 6.13. The van der Waals surface area contributed by atoms with Crippen LogP contribution in [0.1, 0.15) is 0 Å². The second-order valence-corrected chi connectivity index (χ2v) is 8.74. The molecule has 1 aromatic heterocycles. The molecule has 3 aromatic rings. The number of nitrogens with two attached hydrogens (primary N) is 1. The first-order valence-electron chi connectivity index (χ1n) is 8.93. The van der Waals surface area contributed by atoms with Crippen molar-refractivity contribution in [1.29, 1.82) is 0 Å². The number of pyridine rings is 1. The van der Waals surface area contributed by atoms with Gasteiger partial charge in [0.2, 0.25) is 0 Å². The van der Waals surface area contributed by atoms with Crippen LogP contribution in [0, 0.1) is 0 Å². The minimum absolute atomic E-state index is 0.0760. The highest BCUT2D eigenvalue weighted by Gasteiger charge is 2.27. The first-order chi connectivity index (χ1) is 13.9. The minimum atomic E-state index is -3.79. The SMILES string of the molecule is NC1CN(c2ncccc2NS(=O)(=O)c2ccc(Oc3ccccc3Cl)cc2)C1. The van der Waals surface area contributed by atoms with Gasteiger partial charge in [-0.05, 0) is 48.5 Å². The summed E-state index contributed by atoms with van der Waals surface area (Å²) in [4.78, 5) is 6.34. The number of para-hydroxylation sites is 1. The Kier molecular flexibility index (Phi) is 5.31. The van der Waals surface area contributed by atoms with Crippen LogP contribution in [0.15, 0.2) is 71.8 Å². The van der Waals surface area contributed by atoms with E-state index in [9.17, 15) is 8.42 Å². The molecule has 0 unspecified atom stereocenters. The van der Waals surface area contributed by atoms with E-state index in [-0.39, 0.29) is 10.9 Å². The summed E-state index contributed by atoms with van der Waals surface area (Å²) in [7, 11) is -3.79. The molecule has 1 aliphatic heterocycles. The normalized spacial score (nSPS) is 14.3. The third kappa shape index (κ3) is 4.29. The van der Waals surface area contributed by atoms with Gasteiger partial charge in [-0.2, -0.15) is 0 Å². The molecular weight excluding hydrogens is 412 g/mol. The summed E-state index contributed by atoms with van der Waals surface area (Å²) in [6.45, 7) is 1.28. The van der Waals surface area contributed by atoms with Crippen molar-refractivity contribution in [1.82, 2.24) is 4.98 Å². The zero-order valence-electron chi connectivity index (χ0n) is 15.3. The zero-order valence-corrected chi connectivity index (χ0v) is 16.9. The zero-order chi connectivity index (χ0) is 20.4. The third-order valence-electron chi connectivity index (χ3n) is 4.44. The topological polar surface area (TPSA) is 97.5 Å². The molecule has 150 valence electrons. The van der Waals surface area contributed by atoms with Crippen LogP contribution in [-0.4, -0.2) is 32.5 Å². The van der Waals surface area contributed by atoms with Crippen LogP contribution < -0.4 is 20.1 Å². The van der Waals surface area contributed by atoms with Crippen molar-refractivity contribution in [3.05, 3.63) is 71.9 Å². The van der Waals surface area contributed by atoms with Gasteiger partial charge in [0.1, 0.15) is 11.5 Å². The lowest BCUT2D eigenvalue weighted by atomic mass is 10.1. The molecule has 3 N–H and O–H groups in total. The van der Waals surface area contributed by atoms with E-state index < -0.39 is 10.0 Å². The molecule has 1 aliphatic rings. The number of hydrogen-bond acceptors (Lipinski definition) is 6. The van der Waals surface area contributed by atoms with Crippen molar-refractivity contribution in [2.24, 2.45) is 5.73 Å². The molecule has 1 fully saturated rings. The van der Waals surface area contributed by atoms with Crippen molar-refractivity contribution in [3.63, 3.8) is 0 Å². The maximum absolute atomic E-state index is 12.8. The molecular formula is C20H19ClN4O3S. The largest absolute Gasteiger partial charge is 0.456 e. The number of rotatable bonds is 6. The summed E-state index contributed by atoms with van der Waals surface area (Å²) >= 11 is 6.09. The molecule has 0 spiro atoms. The van der Waals surface area contributed by atoms with Gasteiger partial charge < -0.3 is 15.4 Å². The van der Waals surface area contributed by atoms with Crippen molar-refractivity contribution in [2.45, 2.75) is 10.9 Å².